The van der Waals surface area contributed by atoms with E-state index in [1.807, 2.05) is 22.6 Å². The van der Waals surface area contributed by atoms with Crippen LogP contribution in [0, 0.1) is 9.52 Å². The molecule has 0 radical (unpaired) electrons. The number of nitrogens with two attached hydrogens (primary N) is 2. The summed E-state index contributed by atoms with van der Waals surface area (Å²) in [5, 5.41) is 0. The standard InChI is InChI=1S/C5H5FIN3/c6-3-1-2(7)4(8)5(9)10-3/h1H,8H2,(H2,9,10). The van der Waals surface area contributed by atoms with E-state index in [-0.39, 0.29) is 5.82 Å². The second kappa shape index (κ2) is 2.57. The number of nitrogens with zero attached hydrogens (tertiary/aromatic N) is 1. The van der Waals surface area contributed by atoms with Gasteiger partial charge >= 0.3 is 0 Å². The van der Waals surface area contributed by atoms with Crippen LogP contribution in [0.25, 0.3) is 0 Å². The quantitative estimate of drug-likeness (QED) is 0.535. The fourth-order valence-electron chi connectivity index (χ4n) is 0.512. The molecule has 0 saturated heterocycles. The number of hydrogen-bond donors (Lipinski definition) is 2. The molecule has 5 heteroatoms. The maximum absolute atomic E-state index is 12.4. The van der Waals surface area contributed by atoms with E-state index >= 15 is 0 Å². The Morgan fingerprint density at radius 3 is 2.60 bits per heavy atom. The van der Waals surface area contributed by atoms with Crippen LogP contribution in [0.15, 0.2) is 6.07 Å². The minimum atomic E-state index is -0.601. The lowest BCUT2D eigenvalue weighted by atomic mass is 10.4. The summed E-state index contributed by atoms with van der Waals surface area (Å²) in [6.07, 6.45) is 0. The van der Waals surface area contributed by atoms with Crippen LogP contribution < -0.4 is 11.5 Å². The van der Waals surface area contributed by atoms with Gasteiger partial charge in [0.05, 0.1) is 5.69 Å². The Kier molecular flexibility index (Phi) is 1.93. The van der Waals surface area contributed by atoms with Crippen molar-refractivity contribution < 1.29 is 4.39 Å². The van der Waals surface area contributed by atoms with Crippen molar-refractivity contribution in [2.75, 3.05) is 11.5 Å². The Labute approximate surface area is 70.8 Å². The molecular formula is C5H5FIN3. The van der Waals surface area contributed by atoms with Gasteiger partial charge in [0.1, 0.15) is 0 Å². The molecular weight excluding hydrogens is 248 g/mol. The number of hydrogen-bond acceptors (Lipinski definition) is 3. The Balaban J connectivity index is 3.31. The SMILES string of the molecule is Nc1nc(F)cc(I)c1N. The predicted octanol–water partition coefficient (Wildman–Crippen LogP) is 0.990. The first-order chi connectivity index (χ1) is 4.61. The highest BCUT2D eigenvalue weighted by Gasteiger charge is 2.03. The number of nitrogen functional groups attached to an aromatic ring is 2. The fraction of sp³-hybridized carbons (Fsp3) is 0. The molecule has 1 aromatic rings. The molecule has 0 atom stereocenters. The summed E-state index contributed by atoms with van der Waals surface area (Å²) in [6.45, 7) is 0. The zero-order chi connectivity index (χ0) is 7.72. The van der Waals surface area contributed by atoms with Gasteiger partial charge in [-0.3, -0.25) is 0 Å². The highest BCUT2D eigenvalue weighted by molar-refractivity contribution is 14.1. The van der Waals surface area contributed by atoms with Crippen molar-refractivity contribution in [1.82, 2.24) is 4.98 Å². The predicted molar refractivity (Wildman–Crippen MR) is 45.7 cm³/mol. The Morgan fingerprint density at radius 1 is 1.50 bits per heavy atom. The number of aromatic nitrogens is 1. The molecule has 10 heavy (non-hydrogen) atoms. The van der Waals surface area contributed by atoms with E-state index in [4.69, 9.17) is 11.5 Å². The summed E-state index contributed by atoms with van der Waals surface area (Å²) in [5.41, 5.74) is 11.0. The van der Waals surface area contributed by atoms with Gasteiger partial charge in [-0.15, -0.1) is 0 Å². The van der Waals surface area contributed by atoms with Gasteiger partial charge in [0.15, 0.2) is 5.82 Å². The van der Waals surface area contributed by atoms with Gasteiger partial charge in [-0.05, 0) is 22.6 Å². The zero-order valence-electron chi connectivity index (χ0n) is 4.94. The highest BCUT2D eigenvalue weighted by Crippen LogP contribution is 2.19. The number of pyridine rings is 1. The molecule has 0 amide bonds. The molecule has 0 unspecified atom stereocenters. The minimum Gasteiger partial charge on any atom is -0.395 e. The summed E-state index contributed by atoms with van der Waals surface area (Å²) in [5.74, 6) is -0.555. The normalized spacial score (nSPS) is 9.80. The zero-order valence-corrected chi connectivity index (χ0v) is 7.09. The maximum atomic E-state index is 12.4. The Bertz CT molecular complexity index is 240. The van der Waals surface area contributed by atoms with E-state index in [0.717, 1.165) is 0 Å². The van der Waals surface area contributed by atoms with Crippen LogP contribution in [-0.2, 0) is 0 Å². The summed E-state index contributed by atoms with van der Waals surface area (Å²) in [6, 6.07) is 1.23. The lowest BCUT2D eigenvalue weighted by molar-refractivity contribution is 0.585. The molecule has 1 rings (SSSR count). The molecule has 1 heterocycles. The number of halogens is 2. The molecule has 54 valence electrons. The van der Waals surface area contributed by atoms with Crippen molar-refractivity contribution >= 4 is 34.1 Å². The molecule has 0 bridgehead atoms. The topological polar surface area (TPSA) is 64.9 Å². The van der Waals surface area contributed by atoms with Crippen molar-refractivity contribution in [3.63, 3.8) is 0 Å². The van der Waals surface area contributed by atoms with Crippen LogP contribution in [0.2, 0.25) is 0 Å². The maximum Gasteiger partial charge on any atom is 0.215 e. The van der Waals surface area contributed by atoms with Crippen molar-refractivity contribution in [2.24, 2.45) is 0 Å². The van der Waals surface area contributed by atoms with E-state index in [2.05, 4.69) is 4.98 Å². The van der Waals surface area contributed by atoms with Crippen molar-refractivity contribution in [2.45, 2.75) is 0 Å². The first kappa shape index (κ1) is 7.52. The third-order valence-electron chi connectivity index (χ3n) is 1.01. The molecule has 0 fully saturated rings. The van der Waals surface area contributed by atoms with E-state index < -0.39 is 5.95 Å². The molecule has 4 N–H and O–H groups in total. The van der Waals surface area contributed by atoms with Crippen LogP contribution >= 0.6 is 22.6 Å². The lowest BCUT2D eigenvalue weighted by Gasteiger charge is -1.99. The molecule has 3 nitrogen and oxygen atoms in total. The molecule has 0 aliphatic rings. The largest absolute Gasteiger partial charge is 0.395 e. The summed E-state index contributed by atoms with van der Waals surface area (Å²) in [7, 11) is 0. The average Bonchev–Trinajstić information content (AvgIpc) is 1.82. The second-order valence-electron chi connectivity index (χ2n) is 1.73. The molecule has 0 aliphatic carbocycles. The minimum absolute atomic E-state index is 0.0457. The summed E-state index contributed by atoms with van der Waals surface area (Å²) < 4.78 is 12.9. The van der Waals surface area contributed by atoms with E-state index in [1.165, 1.54) is 6.07 Å². The number of anilines is 2. The molecule has 0 saturated carbocycles. The van der Waals surface area contributed by atoms with Gasteiger partial charge in [0, 0.05) is 9.64 Å². The highest BCUT2D eigenvalue weighted by atomic mass is 127. The van der Waals surface area contributed by atoms with Crippen LogP contribution in [0.5, 0.6) is 0 Å². The third-order valence-corrected chi connectivity index (χ3v) is 1.90. The van der Waals surface area contributed by atoms with Gasteiger partial charge in [0.25, 0.3) is 0 Å². The van der Waals surface area contributed by atoms with Crippen LogP contribution in [0.3, 0.4) is 0 Å². The van der Waals surface area contributed by atoms with E-state index in [9.17, 15) is 4.39 Å². The monoisotopic (exact) mass is 253 g/mol. The van der Waals surface area contributed by atoms with Gasteiger partial charge in [-0.2, -0.15) is 4.39 Å². The molecule has 0 aliphatic heterocycles. The smallest absolute Gasteiger partial charge is 0.215 e. The first-order valence-corrected chi connectivity index (χ1v) is 3.56. The molecule has 0 aromatic carbocycles. The van der Waals surface area contributed by atoms with E-state index in [1.54, 1.807) is 0 Å². The summed E-state index contributed by atoms with van der Waals surface area (Å²) >= 11 is 1.89. The second-order valence-corrected chi connectivity index (χ2v) is 2.89. The Morgan fingerprint density at radius 2 is 2.10 bits per heavy atom. The lowest BCUT2D eigenvalue weighted by Crippen LogP contribution is -2.01. The third kappa shape index (κ3) is 1.28. The van der Waals surface area contributed by atoms with Gasteiger partial charge < -0.3 is 11.5 Å². The van der Waals surface area contributed by atoms with Crippen LogP contribution in [0.4, 0.5) is 15.9 Å². The number of rotatable bonds is 0. The fourth-order valence-corrected chi connectivity index (χ4v) is 1.05. The van der Waals surface area contributed by atoms with Crippen molar-refractivity contribution in [1.29, 1.82) is 0 Å². The summed E-state index contributed by atoms with van der Waals surface area (Å²) in [4.78, 5) is 3.32. The van der Waals surface area contributed by atoms with Crippen LogP contribution in [0.1, 0.15) is 0 Å². The van der Waals surface area contributed by atoms with Gasteiger partial charge in [0.2, 0.25) is 5.95 Å². The van der Waals surface area contributed by atoms with Gasteiger partial charge in [-0.25, -0.2) is 4.98 Å². The molecule has 1 aromatic heterocycles. The van der Waals surface area contributed by atoms with Crippen molar-refractivity contribution in [3.05, 3.63) is 15.6 Å². The Hall–Kier alpha value is -0.590. The first-order valence-electron chi connectivity index (χ1n) is 2.48. The van der Waals surface area contributed by atoms with Crippen molar-refractivity contribution in [3.8, 4) is 0 Å². The van der Waals surface area contributed by atoms with E-state index in [0.29, 0.717) is 9.26 Å². The average molecular weight is 253 g/mol. The van der Waals surface area contributed by atoms with Gasteiger partial charge in [-0.1, -0.05) is 0 Å². The molecule has 0 spiro atoms. The van der Waals surface area contributed by atoms with Crippen LogP contribution in [-0.4, -0.2) is 4.98 Å².